The van der Waals surface area contributed by atoms with Gasteiger partial charge in [0.25, 0.3) is 5.91 Å². The first-order chi connectivity index (χ1) is 20.9. The molecule has 9 nitrogen and oxygen atoms in total. The third-order valence-electron chi connectivity index (χ3n) is 6.84. The molecule has 220 valence electrons. The summed E-state index contributed by atoms with van der Waals surface area (Å²) in [6.07, 6.45) is 0. The number of benzene rings is 3. The highest BCUT2D eigenvalue weighted by atomic mass is 32.1. The number of thiophene rings is 1. The zero-order chi connectivity index (χ0) is 30.5. The van der Waals surface area contributed by atoms with Crippen LogP contribution in [0.25, 0.3) is 33.3 Å². The lowest BCUT2D eigenvalue weighted by Gasteiger charge is -2.14. The summed E-state index contributed by atoms with van der Waals surface area (Å²) < 4.78 is 27.2. The number of esters is 1. The van der Waals surface area contributed by atoms with Gasteiger partial charge in [-0.3, -0.25) is 4.79 Å². The topological polar surface area (TPSA) is 105 Å². The summed E-state index contributed by atoms with van der Waals surface area (Å²) in [4.78, 5) is 32.0. The average Bonchev–Trinajstić information content (AvgIpc) is 3.46. The van der Waals surface area contributed by atoms with Gasteiger partial charge in [-0.05, 0) is 55.0 Å². The number of rotatable bonds is 10. The van der Waals surface area contributed by atoms with E-state index in [4.69, 9.17) is 28.7 Å². The highest BCUT2D eigenvalue weighted by Gasteiger charge is 2.25. The maximum Gasteiger partial charge on any atom is 0.341 e. The van der Waals surface area contributed by atoms with Crippen molar-refractivity contribution < 1.29 is 33.3 Å². The van der Waals surface area contributed by atoms with E-state index < -0.39 is 11.9 Å². The van der Waals surface area contributed by atoms with Crippen LogP contribution in [-0.2, 0) is 4.74 Å². The number of nitrogens with zero attached hydrogens (tertiary/aromatic N) is 1. The Kier molecular flexibility index (Phi) is 8.77. The standard InChI is InChI=1S/C33H30N2O7S/c1-6-42-33(37)30-24(19-11-13-28(40-4)29(15-19)41-5)18-43-32(30)35-31(36)22-17-26(34-25-10-8-7-9-21(22)25)23-16-20(38-2)12-14-27(23)39-3/h7-18H,6H2,1-5H3,(H,35,36). The number of hydrogen-bond acceptors (Lipinski definition) is 9. The predicted molar refractivity (Wildman–Crippen MR) is 167 cm³/mol. The fourth-order valence-corrected chi connectivity index (χ4v) is 5.71. The summed E-state index contributed by atoms with van der Waals surface area (Å²) in [5.41, 5.74) is 3.75. The maximum absolute atomic E-state index is 14.0. The second-order valence-electron chi connectivity index (χ2n) is 9.24. The smallest absolute Gasteiger partial charge is 0.341 e. The second kappa shape index (κ2) is 12.8. The molecule has 3 aromatic carbocycles. The Morgan fingerprint density at radius 1 is 0.814 bits per heavy atom. The molecular weight excluding hydrogens is 568 g/mol. The zero-order valence-corrected chi connectivity index (χ0v) is 25.2. The number of amides is 1. The van der Waals surface area contributed by atoms with E-state index in [1.54, 1.807) is 71.1 Å². The molecule has 1 N–H and O–H groups in total. The summed E-state index contributed by atoms with van der Waals surface area (Å²) in [6.45, 7) is 1.91. The van der Waals surface area contributed by atoms with Crippen LogP contribution in [0.2, 0.25) is 0 Å². The van der Waals surface area contributed by atoms with Gasteiger partial charge in [0.15, 0.2) is 11.5 Å². The average molecular weight is 599 g/mol. The van der Waals surface area contributed by atoms with Gasteiger partial charge in [0.2, 0.25) is 0 Å². The Hall–Kier alpha value is -5.09. The van der Waals surface area contributed by atoms with E-state index in [-0.39, 0.29) is 12.2 Å². The highest BCUT2D eigenvalue weighted by Crippen LogP contribution is 2.40. The van der Waals surface area contributed by atoms with E-state index in [0.29, 0.717) is 66.8 Å². The number of methoxy groups -OCH3 is 4. The van der Waals surface area contributed by atoms with Crippen LogP contribution in [0.4, 0.5) is 5.00 Å². The molecule has 5 rings (SSSR count). The summed E-state index contributed by atoms with van der Waals surface area (Å²) >= 11 is 1.23. The minimum absolute atomic E-state index is 0.175. The number of anilines is 1. The molecule has 2 aromatic heterocycles. The van der Waals surface area contributed by atoms with Crippen molar-refractivity contribution >= 4 is 39.1 Å². The minimum Gasteiger partial charge on any atom is -0.497 e. The molecule has 0 radical (unpaired) electrons. The van der Waals surface area contributed by atoms with E-state index in [2.05, 4.69) is 5.32 Å². The van der Waals surface area contributed by atoms with Crippen molar-refractivity contribution in [3.8, 4) is 45.4 Å². The molecule has 0 saturated heterocycles. The Bertz CT molecular complexity index is 1820. The van der Waals surface area contributed by atoms with Gasteiger partial charge in [0, 0.05) is 21.9 Å². The molecule has 0 aliphatic carbocycles. The van der Waals surface area contributed by atoms with Gasteiger partial charge in [0.05, 0.1) is 51.8 Å². The summed E-state index contributed by atoms with van der Waals surface area (Å²) in [7, 11) is 6.25. The first kappa shape index (κ1) is 29.4. The fourth-order valence-electron chi connectivity index (χ4n) is 4.76. The zero-order valence-electron chi connectivity index (χ0n) is 24.3. The van der Waals surface area contributed by atoms with Crippen molar-refractivity contribution in [1.29, 1.82) is 0 Å². The molecule has 0 aliphatic rings. The maximum atomic E-state index is 14.0. The lowest BCUT2D eigenvalue weighted by Crippen LogP contribution is -2.15. The summed E-state index contributed by atoms with van der Waals surface area (Å²) in [5, 5.41) is 5.78. The van der Waals surface area contributed by atoms with Crippen molar-refractivity contribution in [2.45, 2.75) is 6.92 Å². The van der Waals surface area contributed by atoms with E-state index in [1.807, 2.05) is 36.4 Å². The monoisotopic (exact) mass is 598 g/mol. The molecular formula is C33H30N2O7S. The predicted octanol–water partition coefficient (Wildman–Crippen LogP) is 7.09. The van der Waals surface area contributed by atoms with Gasteiger partial charge in [-0.25, -0.2) is 9.78 Å². The Morgan fingerprint density at radius 2 is 1.56 bits per heavy atom. The van der Waals surface area contributed by atoms with Gasteiger partial charge < -0.3 is 29.0 Å². The fraction of sp³-hybridized carbons (Fsp3) is 0.182. The van der Waals surface area contributed by atoms with E-state index in [0.717, 1.165) is 0 Å². The number of ether oxygens (including phenoxy) is 5. The van der Waals surface area contributed by atoms with Crippen LogP contribution < -0.4 is 24.3 Å². The molecule has 0 atom stereocenters. The largest absolute Gasteiger partial charge is 0.497 e. The number of carbonyl (C=O) groups excluding carboxylic acids is 2. The Balaban J connectivity index is 1.60. The number of pyridine rings is 1. The molecule has 0 bridgehead atoms. The van der Waals surface area contributed by atoms with Crippen LogP contribution in [0.1, 0.15) is 27.6 Å². The second-order valence-corrected chi connectivity index (χ2v) is 10.1. The number of carbonyl (C=O) groups is 2. The van der Waals surface area contributed by atoms with Crippen LogP contribution >= 0.6 is 11.3 Å². The molecule has 0 saturated carbocycles. The number of aromatic nitrogens is 1. The summed E-state index contributed by atoms with van der Waals surface area (Å²) in [5.74, 6) is 1.31. The third kappa shape index (κ3) is 5.82. The summed E-state index contributed by atoms with van der Waals surface area (Å²) in [6, 6.07) is 19.8. The first-order valence-corrected chi connectivity index (χ1v) is 14.2. The van der Waals surface area contributed by atoms with Gasteiger partial charge in [-0.2, -0.15) is 0 Å². The number of fused-ring (bicyclic) bond motifs is 1. The SMILES string of the molecule is CCOC(=O)c1c(-c2ccc(OC)c(OC)c2)csc1NC(=O)c1cc(-c2cc(OC)ccc2OC)nc2ccccc12. The lowest BCUT2D eigenvalue weighted by molar-refractivity contribution is 0.0529. The van der Waals surface area contributed by atoms with Crippen LogP contribution in [0, 0.1) is 0 Å². The van der Waals surface area contributed by atoms with Crippen molar-refractivity contribution in [1.82, 2.24) is 4.98 Å². The molecule has 0 fully saturated rings. The number of nitrogens with one attached hydrogen (secondary N) is 1. The van der Waals surface area contributed by atoms with Gasteiger partial charge in [-0.15, -0.1) is 11.3 Å². The molecule has 43 heavy (non-hydrogen) atoms. The lowest BCUT2D eigenvalue weighted by atomic mass is 10.0. The third-order valence-corrected chi connectivity index (χ3v) is 7.73. The van der Waals surface area contributed by atoms with Crippen molar-refractivity contribution in [3.05, 3.63) is 83.2 Å². The highest BCUT2D eigenvalue weighted by molar-refractivity contribution is 7.15. The molecule has 0 spiro atoms. The van der Waals surface area contributed by atoms with Crippen LogP contribution in [-0.4, -0.2) is 51.9 Å². The van der Waals surface area contributed by atoms with Gasteiger partial charge in [-0.1, -0.05) is 24.3 Å². The van der Waals surface area contributed by atoms with Crippen LogP contribution in [0.3, 0.4) is 0 Å². The Labute approximate surface area is 253 Å². The molecule has 5 aromatic rings. The number of para-hydroxylation sites is 1. The van der Waals surface area contributed by atoms with E-state index in [9.17, 15) is 9.59 Å². The van der Waals surface area contributed by atoms with Gasteiger partial charge in [0.1, 0.15) is 22.1 Å². The molecule has 2 heterocycles. The van der Waals surface area contributed by atoms with Crippen molar-refractivity contribution in [2.75, 3.05) is 40.4 Å². The Morgan fingerprint density at radius 3 is 2.28 bits per heavy atom. The van der Waals surface area contributed by atoms with Crippen LogP contribution in [0.15, 0.2) is 72.1 Å². The normalized spacial score (nSPS) is 10.7. The minimum atomic E-state index is -0.551. The molecule has 0 unspecified atom stereocenters. The van der Waals surface area contributed by atoms with E-state index >= 15 is 0 Å². The number of hydrogen-bond donors (Lipinski definition) is 1. The molecule has 1 amide bonds. The van der Waals surface area contributed by atoms with Crippen molar-refractivity contribution in [2.24, 2.45) is 0 Å². The van der Waals surface area contributed by atoms with E-state index in [1.165, 1.54) is 11.3 Å². The van der Waals surface area contributed by atoms with Crippen molar-refractivity contribution in [3.63, 3.8) is 0 Å². The first-order valence-electron chi connectivity index (χ1n) is 13.4. The molecule has 10 heteroatoms. The quantitative estimate of drug-likeness (QED) is 0.170. The van der Waals surface area contributed by atoms with Gasteiger partial charge >= 0.3 is 5.97 Å². The molecule has 0 aliphatic heterocycles. The van der Waals surface area contributed by atoms with Crippen LogP contribution in [0.5, 0.6) is 23.0 Å².